The van der Waals surface area contributed by atoms with Gasteiger partial charge in [0.15, 0.2) is 5.76 Å². The number of hydrogen-bond donors (Lipinski definition) is 1. The summed E-state index contributed by atoms with van der Waals surface area (Å²) in [4.78, 5) is 13.2. The lowest BCUT2D eigenvalue weighted by atomic mass is 9.99. The number of hydrogen-bond acceptors (Lipinski definition) is 5. The van der Waals surface area contributed by atoms with E-state index in [1.54, 1.807) is 4.57 Å². The van der Waals surface area contributed by atoms with E-state index in [-0.39, 0.29) is 24.1 Å². The van der Waals surface area contributed by atoms with Gasteiger partial charge < -0.3 is 9.84 Å². The van der Waals surface area contributed by atoms with Crippen molar-refractivity contribution in [2.24, 2.45) is 0 Å². The molecule has 0 amide bonds. The summed E-state index contributed by atoms with van der Waals surface area (Å²) in [5.74, 6) is 1.95. The Hall–Kier alpha value is -2.67. The molecule has 1 aromatic carbocycles. The van der Waals surface area contributed by atoms with Gasteiger partial charge in [0.2, 0.25) is 0 Å². The van der Waals surface area contributed by atoms with Gasteiger partial charge in [-0.3, -0.25) is 0 Å². The number of aromatic nitrogens is 4. The normalized spacial score (nSPS) is 17.5. The van der Waals surface area contributed by atoms with E-state index in [0.29, 0.717) is 5.76 Å². The van der Waals surface area contributed by atoms with Crippen molar-refractivity contribution >= 4 is 0 Å². The predicted octanol–water partition coefficient (Wildman–Crippen LogP) is 2.66. The molecule has 0 aliphatic carbocycles. The van der Waals surface area contributed by atoms with Crippen molar-refractivity contribution in [2.75, 3.05) is 13.1 Å². The topological polar surface area (TPSA) is 77.9 Å². The van der Waals surface area contributed by atoms with Crippen molar-refractivity contribution in [3.8, 4) is 5.69 Å². The molecule has 0 unspecified atom stereocenters. The molecular formula is C20H25N5O2. The van der Waals surface area contributed by atoms with E-state index < -0.39 is 0 Å². The zero-order valence-electron chi connectivity index (χ0n) is 15.8. The van der Waals surface area contributed by atoms with Gasteiger partial charge in [-0.1, -0.05) is 37.2 Å². The Balaban J connectivity index is 1.73. The molecule has 1 saturated heterocycles. The first-order valence-electron chi connectivity index (χ1n) is 9.55. The molecule has 0 saturated carbocycles. The minimum atomic E-state index is -0.149. The SMILES string of the molecule is CC(C)c1cc(Cn2nc([C@@H]3CCCNC3)n(-c3ccccc3)c2=O)on1. The summed E-state index contributed by atoms with van der Waals surface area (Å²) < 4.78 is 8.64. The third kappa shape index (κ3) is 3.60. The molecule has 0 spiro atoms. The van der Waals surface area contributed by atoms with Gasteiger partial charge in [0, 0.05) is 18.5 Å². The summed E-state index contributed by atoms with van der Waals surface area (Å²) in [6.07, 6.45) is 2.11. The molecule has 1 N–H and O–H groups in total. The molecule has 3 heterocycles. The van der Waals surface area contributed by atoms with Crippen LogP contribution in [0, 0.1) is 0 Å². The van der Waals surface area contributed by atoms with E-state index in [2.05, 4.69) is 24.3 Å². The average molecular weight is 367 g/mol. The summed E-state index contributed by atoms with van der Waals surface area (Å²) in [7, 11) is 0. The van der Waals surface area contributed by atoms with Crippen LogP contribution in [0.5, 0.6) is 0 Å². The van der Waals surface area contributed by atoms with Crippen molar-refractivity contribution in [1.29, 1.82) is 0 Å². The van der Waals surface area contributed by atoms with Crippen molar-refractivity contribution in [1.82, 2.24) is 24.8 Å². The third-order valence-electron chi connectivity index (χ3n) is 5.02. The number of nitrogens with one attached hydrogen (secondary N) is 1. The highest BCUT2D eigenvalue weighted by Gasteiger charge is 2.25. The molecule has 1 atom stereocenters. The van der Waals surface area contributed by atoms with Crippen LogP contribution in [-0.4, -0.2) is 32.6 Å². The monoisotopic (exact) mass is 367 g/mol. The summed E-state index contributed by atoms with van der Waals surface area (Å²) in [5.41, 5.74) is 1.58. The fourth-order valence-electron chi connectivity index (χ4n) is 3.51. The highest BCUT2D eigenvalue weighted by molar-refractivity contribution is 5.33. The van der Waals surface area contributed by atoms with Gasteiger partial charge in [-0.2, -0.15) is 5.10 Å². The van der Waals surface area contributed by atoms with Gasteiger partial charge in [-0.05, 0) is 37.4 Å². The minimum Gasteiger partial charge on any atom is -0.359 e. The molecule has 3 aromatic rings. The summed E-state index contributed by atoms with van der Waals surface area (Å²) in [6, 6.07) is 11.6. The summed E-state index contributed by atoms with van der Waals surface area (Å²) in [5, 5.41) is 12.2. The zero-order chi connectivity index (χ0) is 18.8. The van der Waals surface area contributed by atoms with Crippen LogP contribution in [0.25, 0.3) is 5.69 Å². The molecule has 0 bridgehead atoms. The number of para-hydroxylation sites is 1. The Morgan fingerprint density at radius 1 is 1.30 bits per heavy atom. The third-order valence-corrected chi connectivity index (χ3v) is 5.02. The maximum absolute atomic E-state index is 13.2. The van der Waals surface area contributed by atoms with Crippen molar-refractivity contribution in [3.05, 3.63) is 64.2 Å². The molecule has 2 aromatic heterocycles. The predicted molar refractivity (Wildman–Crippen MR) is 102 cm³/mol. The smallest absolute Gasteiger partial charge is 0.351 e. The number of benzene rings is 1. The first-order valence-corrected chi connectivity index (χ1v) is 9.55. The largest absolute Gasteiger partial charge is 0.359 e. The summed E-state index contributed by atoms with van der Waals surface area (Å²) in [6.45, 7) is 6.26. The van der Waals surface area contributed by atoms with Gasteiger partial charge in [-0.15, -0.1) is 0 Å². The van der Waals surface area contributed by atoms with Crippen molar-refractivity contribution in [2.45, 2.75) is 45.1 Å². The fourth-order valence-corrected chi connectivity index (χ4v) is 3.51. The van der Waals surface area contributed by atoms with Crippen LogP contribution >= 0.6 is 0 Å². The van der Waals surface area contributed by atoms with Crippen LogP contribution < -0.4 is 11.0 Å². The molecule has 1 fully saturated rings. The zero-order valence-corrected chi connectivity index (χ0v) is 15.8. The van der Waals surface area contributed by atoms with Crippen LogP contribution in [0.1, 0.15) is 55.8 Å². The lowest BCUT2D eigenvalue weighted by molar-refractivity contribution is 0.361. The van der Waals surface area contributed by atoms with Crippen molar-refractivity contribution < 1.29 is 4.52 Å². The molecule has 4 rings (SSSR count). The van der Waals surface area contributed by atoms with Gasteiger partial charge in [-0.25, -0.2) is 14.0 Å². The first-order chi connectivity index (χ1) is 13.1. The second-order valence-electron chi connectivity index (χ2n) is 7.39. The Labute approximate surface area is 158 Å². The lowest BCUT2D eigenvalue weighted by Crippen LogP contribution is -2.31. The summed E-state index contributed by atoms with van der Waals surface area (Å²) >= 11 is 0. The Morgan fingerprint density at radius 2 is 2.11 bits per heavy atom. The molecule has 7 heteroatoms. The van der Waals surface area contributed by atoms with E-state index in [9.17, 15) is 4.79 Å². The van der Waals surface area contributed by atoms with E-state index in [0.717, 1.165) is 43.1 Å². The molecule has 1 aliphatic rings. The molecule has 0 radical (unpaired) electrons. The lowest BCUT2D eigenvalue weighted by Gasteiger charge is -2.22. The van der Waals surface area contributed by atoms with E-state index in [4.69, 9.17) is 9.62 Å². The van der Waals surface area contributed by atoms with Crippen LogP contribution in [0.4, 0.5) is 0 Å². The fraction of sp³-hybridized carbons (Fsp3) is 0.450. The highest BCUT2D eigenvalue weighted by atomic mass is 16.5. The number of nitrogens with zero attached hydrogens (tertiary/aromatic N) is 4. The van der Waals surface area contributed by atoms with Crippen molar-refractivity contribution in [3.63, 3.8) is 0 Å². The number of piperidine rings is 1. The van der Waals surface area contributed by atoms with E-state index in [1.165, 1.54) is 4.68 Å². The molecule has 7 nitrogen and oxygen atoms in total. The first kappa shape index (κ1) is 17.7. The van der Waals surface area contributed by atoms with E-state index >= 15 is 0 Å². The van der Waals surface area contributed by atoms with Crippen LogP contribution in [0.3, 0.4) is 0 Å². The quantitative estimate of drug-likeness (QED) is 0.750. The standard InChI is InChI=1S/C20H25N5O2/c1-14(2)18-11-17(27-23-18)13-24-20(26)25(16-8-4-3-5-9-16)19(22-24)15-7-6-10-21-12-15/h3-5,8-9,11,14-15,21H,6-7,10,12-13H2,1-2H3/t15-/m1/s1. The van der Waals surface area contributed by atoms with Gasteiger partial charge >= 0.3 is 5.69 Å². The molecule has 142 valence electrons. The minimum absolute atomic E-state index is 0.149. The Kier molecular flexibility index (Phi) is 4.94. The Bertz CT molecular complexity index is 948. The Morgan fingerprint density at radius 3 is 2.78 bits per heavy atom. The maximum atomic E-state index is 13.2. The van der Waals surface area contributed by atoms with Crippen LogP contribution in [0.15, 0.2) is 45.7 Å². The maximum Gasteiger partial charge on any atom is 0.351 e. The van der Waals surface area contributed by atoms with Gasteiger partial charge in [0.25, 0.3) is 0 Å². The average Bonchev–Trinajstić information content (AvgIpc) is 3.29. The van der Waals surface area contributed by atoms with Gasteiger partial charge in [0.1, 0.15) is 12.4 Å². The van der Waals surface area contributed by atoms with Gasteiger partial charge in [0.05, 0.1) is 11.4 Å². The van der Waals surface area contributed by atoms with E-state index in [1.807, 2.05) is 36.4 Å². The number of rotatable bonds is 5. The highest BCUT2D eigenvalue weighted by Crippen LogP contribution is 2.23. The molecule has 1 aliphatic heterocycles. The van der Waals surface area contributed by atoms with Crippen LogP contribution in [-0.2, 0) is 6.54 Å². The second kappa shape index (κ2) is 7.52. The molecule has 27 heavy (non-hydrogen) atoms. The van der Waals surface area contributed by atoms with Crippen LogP contribution in [0.2, 0.25) is 0 Å². The molecular weight excluding hydrogens is 342 g/mol. The second-order valence-corrected chi connectivity index (χ2v) is 7.39.